The van der Waals surface area contributed by atoms with Crippen LogP contribution in [-0.2, 0) is 4.79 Å². The maximum atomic E-state index is 12.7. The minimum absolute atomic E-state index is 0.126. The fourth-order valence-electron chi connectivity index (χ4n) is 3.04. The Bertz CT molecular complexity index is 1030. The minimum atomic E-state index is -0.391. The van der Waals surface area contributed by atoms with Gasteiger partial charge in [-0.1, -0.05) is 18.2 Å². The smallest absolute Gasteiger partial charge is 0.290 e. The van der Waals surface area contributed by atoms with Gasteiger partial charge in [0.25, 0.3) is 17.1 Å². The van der Waals surface area contributed by atoms with Crippen molar-refractivity contribution in [3.05, 3.63) is 58.5 Å². The first-order chi connectivity index (χ1) is 14.5. The van der Waals surface area contributed by atoms with E-state index in [0.29, 0.717) is 40.9 Å². The van der Waals surface area contributed by atoms with Gasteiger partial charge in [-0.2, -0.15) is 0 Å². The van der Waals surface area contributed by atoms with Gasteiger partial charge >= 0.3 is 0 Å². The molecule has 0 atom stereocenters. The Kier molecular flexibility index (Phi) is 5.62. The third-order valence-electron chi connectivity index (χ3n) is 4.53. The van der Waals surface area contributed by atoms with E-state index in [4.69, 9.17) is 14.2 Å². The topological polar surface area (TPSA) is 94.2 Å². The van der Waals surface area contributed by atoms with Crippen LogP contribution in [0.2, 0.25) is 0 Å². The standard InChI is InChI=1S/C21H18N2O6S/c1-27-16-4-2-3-15-18(16)29-12-23(20(15)25)9-10-28-14-7-5-13(6-8-14)11-17-19(24)22-21(26)30-17/h2-8,11H,9-10,12H2,1H3,(H,22,24,26). The van der Waals surface area contributed by atoms with Gasteiger partial charge in [-0.3, -0.25) is 19.7 Å². The van der Waals surface area contributed by atoms with E-state index >= 15 is 0 Å². The highest BCUT2D eigenvalue weighted by Crippen LogP contribution is 2.34. The van der Waals surface area contributed by atoms with Crippen molar-refractivity contribution in [1.29, 1.82) is 0 Å². The van der Waals surface area contributed by atoms with Crippen LogP contribution >= 0.6 is 11.8 Å². The Labute approximate surface area is 176 Å². The zero-order chi connectivity index (χ0) is 21.1. The number of para-hydroxylation sites is 1. The van der Waals surface area contributed by atoms with E-state index in [0.717, 1.165) is 17.3 Å². The molecule has 0 radical (unpaired) electrons. The number of imide groups is 1. The summed E-state index contributed by atoms with van der Waals surface area (Å²) in [6, 6.07) is 12.3. The van der Waals surface area contributed by atoms with Crippen LogP contribution in [0.15, 0.2) is 47.4 Å². The van der Waals surface area contributed by atoms with Gasteiger partial charge in [0.1, 0.15) is 12.4 Å². The first-order valence-electron chi connectivity index (χ1n) is 9.12. The number of ether oxygens (including phenoxy) is 3. The molecule has 1 N–H and O–H groups in total. The number of thioether (sulfide) groups is 1. The van der Waals surface area contributed by atoms with Crippen molar-refractivity contribution in [3.8, 4) is 17.2 Å². The molecule has 2 aromatic rings. The fraction of sp³-hybridized carbons (Fsp3) is 0.190. The molecule has 0 saturated carbocycles. The molecule has 0 unspecified atom stereocenters. The van der Waals surface area contributed by atoms with Crippen molar-refractivity contribution < 1.29 is 28.6 Å². The molecule has 2 heterocycles. The molecule has 154 valence electrons. The highest BCUT2D eigenvalue weighted by Gasteiger charge is 2.28. The SMILES string of the molecule is COc1cccc2c1OCN(CCOc1ccc(C=C3SC(=O)NC3=O)cc1)C2=O. The third kappa shape index (κ3) is 4.11. The Balaban J connectivity index is 1.32. The van der Waals surface area contributed by atoms with Gasteiger partial charge in [-0.15, -0.1) is 0 Å². The molecule has 0 aromatic heterocycles. The first kappa shape index (κ1) is 19.8. The van der Waals surface area contributed by atoms with Gasteiger partial charge < -0.3 is 19.1 Å². The van der Waals surface area contributed by atoms with Crippen LogP contribution in [-0.4, -0.2) is 48.9 Å². The first-order valence-corrected chi connectivity index (χ1v) is 9.93. The van der Waals surface area contributed by atoms with Crippen LogP contribution in [0.1, 0.15) is 15.9 Å². The molecule has 1 fully saturated rings. The van der Waals surface area contributed by atoms with Gasteiger partial charge in [0.05, 0.1) is 24.1 Å². The summed E-state index contributed by atoms with van der Waals surface area (Å²) in [6.07, 6.45) is 1.64. The largest absolute Gasteiger partial charge is 0.493 e. The molecular weight excluding hydrogens is 408 g/mol. The van der Waals surface area contributed by atoms with E-state index in [2.05, 4.69) is 5.32 Å². The Hall–Kier alpha value is -3.46. The van der Waals surface area contributed by atoms with Crippen molar-refractivity contribution in [2.45, 2.75) is 0 Å². The lowest BCUT2D eigenvalue weighted by Gasteiger charge is -2.29. The second kappa shape index (κ2) is 8.50. The zero-order valence-corrected chi connectivity index (χ0v) is 16.9. The maximum Gasteiger partial charge on any atom is 0.290 e. The van der Waals surface area contributed by atoms with Crippen LogP contribution in [0.3, 0.4) is 0 Å². The third-order valence-corrected chi connectivity index (χ3v) is 5.34. The second-order valence-corrected chi connectivity index (χ2v) is 7.46. The molecule has 2 aliphatic rings. The summed E-state index contributed by atoms with van der Waals surface area (Å²) in [5.74, 6) is 1.09. The molecule has 1 saturated heterocycles. The molecular formula is C21H18N2O6S. The summed E-state index contributed by atoms with van der Waals surface area (Å²) in [5, 5.41) is 1.84. The minimum Gasteiger partial charge on any atom is -0.493 e. The molecule has 2 aliphatic heterocycles. The number of carbonyl (C=O) groups is 3. The van der Waals surface area contributed by atoms with Crippen molar-refractivity contribution in [1.82, 2.24) is 10.2 Å². The van der Waals surface area contributed by atoms with Gasteiger partial charge in [0, 0.05) is 0 Å². The van der Waals surface area contributed by atoms with E-state index < -0.39 is 5.91 Å². The number of nitrogens with one attached hydrogen (secondary N) is 1. The van der Waals surface area contributed by atoms with E-state index in [-0.39, 0.29) is 17.9 Å². The van der Waals surface area contributed by atoms with Crippen LogP contribution in [0, 0.1) is 0 Å². The number of nitrogens with zero attached hydrogens (tertiary/aromatic N) is 1. The Morgan fingerprint density at radius 1 is 1.17 bits per heavy atom. The van der Waals surface area contributed by atoms with Gasteiger partial charge in [-0.25, -0.2) is 0 Å². The van der Waals surface area contributed by atoms with Gasteiger partial charge in [-0.05, 0) is 47.7 Å². The van der Waals surface area contributed by atoms with Crippen LogP contribution in [0.4, 0.5) is 4.79 Å². The maximum absolute atomic E-state index is 12.7. The normalized spacial score (nSPS) is 16.9. The van der Waals surface area contributed by atoms with E-state index in [9.17, 15) is 14.4 Å². The zero-order valence-electron chi connectivity index (χ0n) is 16.0. The predicted octanol–water partition coefficient (Wildman–Crippen LogP) is 2.89. The molecule has 9 heteroatoms. The number of amides is 3. The molecule has 0 spiro atoms. The molecule has 2 aromatic carbocycles. The molecule has 8 nitrogen and oxygen atoms in total. The second-order valence-electron chi connectivity index (χ2n) is 6.45. The molecule has 0 bridgehead atoms. The number of methoxy groups -OCH3 is 1. The van der Waals surface area contributed by atoms with E-state index in [1.165, 1.54) is 7.11 Å². The Morgan fingerprint density at radius 3 is 2.67 bits per heavy atom. The van der Waals surface area contributed by atoms with Crippen molar-refractivity contribution in [2.75, 3.05) is 27.0 Å². The van der Waals surface area contributed by atoms with Gasteiger partial charge in [0.2, 0.25) is 0 Å². The lowest BCUT2D eigenvalue weighted by Crippen LogP contribution is -2.41. The fourth-order valence-corrected chi connectivity index (χ4v) is 3.72. The Morgan fingerprint density at radius 2 is 1.97 bits per heavy atom. The summed E-state index contributed by atoms with van der Waals surface area (Å²) in [6.45, 7) is 0.780. The lowest BCUT2D eigenvalue weighted by atomic mass is 10.1. The average molecular weight is 426 g/mol. The number of fused-ring (bicyclic) bond motifs is 1. The molecule has 0 aliphatic carbocycles. The summed E-state index contributed by atoms with van der Waals surface area (Å²) >= 11 is 0.873. The molecule has 4 rings (SSSR count). The average Bonchev–Trinajstić information content (AvgIpc) is 3.07. The number of hydrogen-bond donors (Lipinski definition) is 1. The molecule has 3 amide bonds. The summed E-state index contributed by atoms with van der Waals surface area (Å²) < 4.78 is 16.6. The van der Waals surface area contributed by atoms with Crippen molar-refractivity contribution in [2.24, 2.45) is 0 Å². The highest BCUT2D eigenvalue weighted by molar-refractivity contribution is 8.18. The van der Waals surface area contributed by atoms with Crippen LogP contribution in [0.25, 0.3) is 6.08 Å². The van der Waals surface area contributed by atoms with Gasteiger partial charge in [0.15, 0.2) is 18.2 Å². The van der Waals surface area contributed by atoms with E-state index in [1.54, 1.807) is 53.4 Å². The van der Waals surface area contributed by atoms with Crippen molar-refractivity contribution >= 4 is 34.9 Å². The van der Waals surface area contributed by atoms with Crippen LogP contribution < -0.4 is 19.5 Å². The lowest BCUT2D eigenvalue weighted by molar-refractivity contribution is -0.115. The van der Waals surface area contributed by atoms with Crippen molar-refractivity contribution in [3.63, 3.8) is 0 Å². The molecule has 30 heavy (non-hydrogen) atoms. The summed E-state index contributed by atoms with van der Waals surface area (Å²) in [4.78, 5) is 37.4. The quantitative estimate of drug-likeness (QED) is 0.710. The summed E-state index contributed by atoms with van der Waals surface area (Å²) in [7, 11) is 1.53. The number of hydrogen-bond acceptors (Lipinski definition) is 7. The van der Waals surface area contributed by atoms with E-state index in [1.807, 2.05) is 0 Å². The number of rotatable bonds is 6. The highest BCUT2D eigenvalue weighted by atomic mass is 32.2. The number of carbonyl (C=O) groups excluding carboxylic acids is 3. The van der Waals surface area contributed by atoms with Crippen LogP contribution in [0.5, 0.6) is 17.2 Å². The number of benzene rings is 2. The summed E-state index contributed by atoms with van der Waals surface area (Å²) in [5.41, 5.74) is 1.24. The monoisotopic (exact) mass is 426 g/mol. The predicted molar refractivity (Wildman–Crippen MR) is 111 cm³/mol.